The minimum atomic E-state index is 0.203. The Kier molecular flexibility index (Phi) is 7.27. The number of amides is 1. The second-order valence-electron chi connectivity index (χ2n) is 8.23. The molecule has 1 aromatic carbocycles. The van der Waals surface area contributed by atoms with Crippen molar-refractivity contribution in [3.8, 4) is 10.4 Å². The first-order chi connectivity index (χ1) is 13.5. The summed E-state index contributed by atoms with van der Waals surface area (Å²) in [6, 6.07) is 10.8. The first kappa shape index (κ1) is 21.0. The number of rotatable bonds is 9. The number of aryl methyl sites for hydroxylation is 2. The minimum Gasteiger partial charge on any atom is -0.338 e. The molecule has 28 heavy (non-hydrogen) atoms. The molecular weight excluding hydrogens is 366 g/mol. The van der Waals surface area contributed by atoms with Crippen molar-refractivity contribution in [2.75, 3.05) is 54.4 Å². The average Bonchev–Trinajstić information content (AvgIpc) is 3.10. The molecule has 152 valence electrons. The van der Waals surface area contributed by atoms with Crippen LogP contribution < -0.4 is 0 Å². The van der Waals surface area contributed by atoms with Crippen molar-refractivity contribution in [3.63, 3.8) is 0 Å². The molecule has 0 atom stereocenters. The zero-order chi connectivity index (χ0) is 20.1. The fraction of sp³-hybridized carbons (Fsp3) is 0.522. The largest absolute Gasteiger partial charge is 0.338 e. The van der Waals surface area contributed by atoms with Crippen LogP contribution >= 0.6 is 11.3 Å². The number of carbonyl (C=O) groups is 1. The van der Waals surface area contributed by atoms with Crippen molar-refractivity contribution in [1.29, 1.82) is 0 Å². The van der Waals surface area contributed by atoms with Gasteiger partial charge in [0.15, 0.2) is 0 Å². The summed E-state index contributed by atoms with van der Waals surface area (Å²) in [5, 5.41) is 0. The van der Waals surface area contributed by atoms with Crippen LogP contribution in [0.4, 0.5) is 0 Å². The third-order valence-electron chi connectivity index (χ3n) is 5.30. The Labute approximate surface area is 173 Å². The van der Waals surface area contributed by atoms with Gasteiger partial charge >= 0.3 is 0 Å². The van der Waals surface area contributed by atoms with E-state index in [1.807, 2.05) is 0 Å². The fourth-order valence-electron chi connectivity index (χ4n) is 3.80. The quantitative estimate of drug-likeness (QED) is 0.641. The molecule has 0 spiro atoms. The molecule has 2 aromatic rings. The molecule has 4 nitrogen and oxygen atoms in total. The van der Waals surface area contributed by atoms with Gasteiger partial charge in [0.2, 0.25) is 0 Å². The Morgan fingerprint density at radius 1 is 0.893 bits per heavy atom. The number of fused-ring (bicyclic) bond motifs is 3. The van der Waals surface area contributed by atoms with Gasteiger partial charge in [-0.2, -0.15) is 0 Å². The maximum absolute atomic E-state index is 13.3. The molecule has 0 fully saturated rings. The predicted molar refractivity (Wildman–Crippen MR) is 119 cm³/mol. The number of benzene rings is 1. The van der Waals surface area contributed by atoms with Crippen molar-refractivity contribution in [3.05, 3.63) is 46.3 Å². The zero-order valence-corrected chi connectivity index (χ0v) is 18.5. The van der Waals surface area contributed by atoms with Crippen LogP contribution in [0, 0.1) is 0 Å². The highest BCUT2D eigenvalue weighted by Crippen LogP contribution is 2.39. The van der Waals surface area contributed by atoms with Crippen molar-refractivity contribution in [2.45, 2.75) is 25.7 Å². The first-order valence-electron chi connectivity index (χ1n) is 10.3. The highest BCUT2D eigenvalue weighted by Gasteiger charge is 2.24. The van der Waals surface area contributed by atoms with Crippen LogP contribution in [0.1, 0.15) is 33.6 Å². The number of nitrogens with zero attached hydrogens (tertiary/aromatic N) is 3. The van der Waals surface area contributed by atoms with E-state index >= 15 is 0 Å². The highest BCUT2D eigenvalue weighted by atomic mass is 32.1. The Morgan fingerprint density at radius 2 is 1.50 bits per heavy atom. The second kappa shape index (κ2) is 9.68. The van der Waals surface area contributed by atoms with E-state index in [1.54, 1.807) is 11.3 Å². The van der Waals surface area contributed by atoms with E-state index in [4.69, 9.17) is 0 Å². The van der Waals surface area contributed by atoms with E-state index in [9.17, 15) is 4.79 Å². The summed E-state index contributed by atoms with van der Waals surface area (Å²) in [5.74, 6) is 0.203. The van der Waals surface area contributed by atoms with E-state index in [0.717, 1.165) is 56.7 Å². The summed E-state index contributed by atoms with van der Waals surface area (Å²) in [4.78, 5) is 22.0. The van der Waals surface area contributed by atoms with Gasteiger partial charge in [0, 0.05) is 18.0 Å². The normalized spacial score (nSPS) is 12.9. The topological polar surface area (TPSA) is 26.8 Å². The predicted octanol–water partition coefficient (Wildman–Crippen LogP) is 3.86. The second-order valence-corrected chi connectivity index (χ2v) is 9.28. The van der Waals surface area contributed by atoms with Crippen LogP contribution in [-0.4, -0.2) is 75.0 Å². The molecule has 0 saturated carbocycles. The van der Waals surface area contributed by atoms with Crippen molar-refractivity contribution in [2.24, 2.45) is 0 Å². The molecule has 0 aliphatic heterocycles. The minimum absolute atomic E-state index is 0.203. The summed E-state index contributed by atoms with van der Waals surface area (Å²) in [5.41, 5.74) is 4.07. The molecular formula is C23H33N3OS. The van der Waals surface area contributed by atoms with Gasteiger partial charge in [0.25, 0.3) is 5.91 Å². The van der Waals surface area contributed by atoms with Gasteiger partial charge in [-0.3, -0.25) is 4.79 Å². The molecule has 0 saturated heterocycles. The SMILES string of the molecule is CN(C)CCCN(CCCN(C)C)C(=O)c1cc2c(s1)-c1ccccc1CC2. The fourth-order valence-corrected chi connectivity index (χ4v) is 5.04. The summed E-state index contributed by atoms with van der Waals surface area (Å²) >= 11 is 1.68. The van der Waals surface area contributed by atoms with Crippen LogP contribution in [0.15, 0.2) is 30.3 Å². The Bertz CT molecular complexity index is 783. The molecule has 0 bridgehead atoms. The third kappa shape index (κ3) is 5.22. The zero-order valence-electron chi connectivity index (χ0n) is 17.7. The molecule has 1 aromatic heterocycles. The molecule has 1 amide bonds. The van der Waals surface area contributed by atoms with E-state index in [2.05, 4.69) is 73.2 Å². The molecule has 0 unspecified atom stereocenters. The molecule has 0 radical (unpaired) electrons. The first-order valence-corrected chi connectivity index (χ1v) is 11.1. The lowest BCUT2D eigenvalue weighted by Crippen LogP contribution is -2.35. The third-order valence-corrected chi connectivity index (χ3v) is 6.50. The number of hydrogen-bond acceptors (Lipinski definition) is 4. The Morgan fingerprint density at radius 3 is 2.14 bits per heavy atom. The van der Waals surface area contributed by atoms with Crippen LogP contribution in [0.3, 0.4) is 0 Å². The lowest BCUT2D eigenvalue weighted by Gasteiger charge is -2.24. The summed E-state index contributed by atoms with van der Waals surface area (Å²) in [6.45, 7) is 3.66. The van der Waals surface area contributed by atoms with Gasteiger partial charge in [-0.1, -0.05) is 24.3 Å². The maximum Gasteiger partial charge on any atom is 0.263 e. The monoisotopic (exact) mass is 399 g/mol. The summed E-state index contributed by atoms with van der Waals surface area (Å²) in [7, 11) is 8.35. The van der Waals surface area contributed by atoms with E-state index in [-0.39, 0.29) is 5.91 Å². The van der Waals surface area contributed by atoms with Gasteiger partial charge in [-0.15, -0.1) is 11.3 Å². The highest BCUT2D eigenvalue weighted by molar-refractivity contribution is 7.17. The maximum atomic E-state index is 13.3. The van der Waals surface area contributed by atoms with E-state index in [1.165, 1.54) is 21.6 Å². The van der Waals surface area contributed by atoms with Crippen LogP contribution in [0.5, 0.6) is 0 Å². The van der Waals surface area contributed by atoms with Crippen molar-refractivity contribution in [1.82, 2.24) is 14.7 Å². The lowest BCUT2D eigenvalue weighted by molar-refractivity contribution is 0.0749. The summed E-state index contributed by atoms with van der Waals surface area (Å²) < 4.78 is 0. The van der Waals surface area contributed by atoms with Crippen molar-refractivity contribution < 1.29 is 4.79 Å². The number of thiophene rings is 1. The van der Waals surface area contributed by atoms with Crippen LogP contribution in [0.2, 0.25) is 0 Å². The molecule has 1 heterocycles. The van der Waals surface area contributed by atoms with E-state index in [0.29, 0.717) is 0 Å². The summed E-state index contributed by atoms with van der Waals surface area (Å²) in [6.07, 6.45) is 4.13. The van der Waals surface area contributed by atoms with E-state index < -0.39 is 0 Å². The smallest absolute Gasteiger partial charge is 0.263 e. The van der Waals surface area contributed by atoms with Crippen molar-refractivity contribution >= 4 is 17.2 Å². The molecule has 0 N–H and O–H groups in total. The van der Waals surface area contributed by atoms with Gasteiger partial charge in [-0.25, -0.2) is 0 Å². The van der Waals surface area contributed by atoms with Gasteiger partial charge in [0.05, 0.1) is 4.88 Å². The molecule has 3 rings (SSSR count). The number of hydrogen-bond donors (Lipinski definition) is 0. The van der Waals surface area contributed by atoms with Crippen LogP contribution in [-0.2, 0) is 12.8 Å². The Hall–Kier alpha value is -1.69. The van der Waals surface area contributed by atoms with Gasteiger partial charge < -0.3 is 14.7 Å². The molecule has 5 heteroatoms. The van der Waals surface area contributed by atoms with Gasteiger partial charge in [0.1, 0.15) is 0 Å². The molecule has 1 aliphatic rings. The molecule has 1 aliphatic carbocycles. The standard InChI is InChI=1S/C23H33N3OS/c1-24(2)13-7-15-26(16-8-14-25(3)4)23(27)21-17-19-12-11-18-9-5-6-10-20(18)22(19)28-21/h5-6,9-10,17H,7-8,11-16H2,1-4H3. The average molecular weight is 400 g/mol. The number of carbonyl (C=O) groups excluding carboxylic acids is 1. The van der Waals surface area contributed by atoms with Gasteiger partial charge in [-0.05, 0) is 89.7 Å². The Balaban J connectivity index is 1.76. The van der Waals surface area contributed by atoms with Crippen LogP contribution in [0.25, 0.3) is 10.4 Å². The lowest BCUT2D eigenvalue weighted by atomic mass is 9.91.